The summed E-state index contributed by atoms with van der Waals surface area (Å²) < 4.78 is 40.9. The molecule has 1 heterocycles. The minimum Gasteiger partial charge on any atom is -0.493 e. The Labute approximate surface area is 175 Å². The average molecular weight is 425 g/mol. The lowest BCUT2D eigenvalue weighted by atomic mass is 10.2. The second-order valence-corrected chi connectivity index (χ2v) is 6.80. The maximum atomic E-state index is 12.8. The molecule has 30 heavy (non-hydrogen) atoms. The molecule has 0 atom stereocenters. The van der Waals surface area contributed by atoms with Gasteiger partial charge < -0.3 is 24.6 Å². The molecule has 0 saturated carbocycles. The number of benzene rings is 1. The molecule has 0 aliphatic carbocycles. The van der Waals surface area contributed by atoms with Gasteiger partial charge in [0.05, 0.1) is 6.61 Å². The van der Waals surface area contributed by atoms with Gasteiger partial charge in [-0.1, -0.05) is 25.9 Å². The Hall–Kier alpha value is -2.91. The van der Waals surface area contributed by atoms with Gasteiger partial charge in [0.15, 0.2) is 11.8 Å². The van der Waals surface area contributed by atoms with Gasteiger partial charge in [0.25, 0.3) is 0 Å². The molecular weight excluding hydrogens is 396 g/mol. The van der Waals surface area contributed by atoms with Gasteiger partial charge in [-0.15, -0.1) is 0 Å². The normalized spacial score (nSPS) is 11.8. The molecule has 166 valence electrons. The van der Waals surface area contributed by atoms with Gasteiger partial charge >= 0.3 is 6.61 Å². The van der Waals surface area contributed by atoms with E-state index in [-0.39, 0.29) is 18.2 Å². The summed E-state index contributed by atoms with van der Waals surface area (Å²) in [5.74, 6) is 2.47. The highest BCUT2D eigenvalue weighted by Gasteiger charge is 2.13. The van der Waals surface area contributed by atoms with Crippen LogP contribution in [0.3, 0.4) is 0 Å². The van der Waals surface area contributed by atoms with Crippen molar-refractivity contribution in [2.24, 2.45) is 4.99 Å². The fraction of sp³-hybridized carbons (Fsp3) is 0.550. The van der Waals surface area contributed by atoms with Crippen LogP contribution in [0.1, 0.15) is 50.4 Å². The standard InChI is InChI=1S/C20H29F2N5O3/c1-5-10-28-15-7-6-14(16(11-15)29-19(21)22)12-25-20(23-4)24-9-8-17-26-18(13(2)3)27-30-17/h6-7,11,13,19H,5,8-10,12H2,1-4H3,(H2,23,24,25). The number of aromatic nitrogens is 2. The molecule has 8 nitrogen and oxygen atoms in total. The van der Waals surface area contributed by atoms with Crippen molar-refractivity contribution in [2.45, 2.75) is 52.7 Å². The van der Waals surface area contributed by atoms with Crippen LogP contribution >= 0.6 is 0 Å². The molecule has 1 aromatic heterocycles. The molecular formula is C20H29F2N5O3. The predicted molar refractivity (Wildman–Crippen MR) is 109 cm³/mol. The van der Waals surface area contributed by atoms with E-state index in [1.807, 2.05) is 20.8 Å². The van der Waals surface area contributed by atoms with Crippen molar-refractivity contribution < 1.29 is 22.8 Å². The van der Waals surface area contributed by atoms with Crippen molar-refractivity contribution in [3.05, 3.63) is 35.5 Å². The number of aliphatic imine (C=N–C) groups is 1. The molecule has 0 spiro atoms. The Morgan fingerprint density at radius 2 is 2.07 bits per heavy atom. The smallest absolute Gasteiger partial charge is 0.387 e. The zero-order valence-electron chi connectivity index (χ0n) is 17.7. The zero-order valence-corrected chi connectivity index (χ0v) is 17.7. The summed E-state index contributed by atoms with van der Waals surface area (Å²) in [6.07, 6.45) is 1.35. The summed E-state index contributed by atoms with van der Waals surface area (Å²) in [5, 5.41) is 10.1. The quantitative estimate of drug-likeness (QED) is 0.420. The molecule has 0 unspecified atom stereocenters. The molecule has 2 rings (SSSR count). The van der Waals surface area contributed by atoms with E-state index in [2.05, 4.69) is 30.5 Å². The van der Waals surface area contributed by atoms with Gasteiger partial charge in [0.1, 0.15) is 11.5 Å². The van der Waals surface area contributed by atoms with E-state index in [0.717, 1.165) is 6.42 Å². The lowest BCUT2D eigenvalue weighted by molar-refractivity contribution is -0.0505. The van der Waals surface area contributed by atoms with Crippen LogP contribution in [0.4, 0.5) is 8.78 Å². The van der Waals surface area contributed by atoms with Crippen LogP contribution in [-0.4, -0.2) is 42.9 Å². The van der Waals surface area contributed by atoms with Crippen molar-refractivity contribution in [3.8, 4) is 11.5 Å². The first-order valence-electron chi connectivity index (χ1n) is 9.90. The van der Waals surface area contributed by atoms with Gasteiger partial charge in [-0.25, -0.2) is 0 Å². The van der Waals surface area contributed by atoms with Crippen LogP contribution in [0.25, 0.3) is 0 Å². The van der Waals surface area contributed by atoms with Crippen molar-refractivity contribution in [2.75, 3.05) is 20.2 Å². The molecule has 2 N–H and O–H groups in total. The van der Waals surface area contributed by atoms with Crippen LogP contribution in [0.2, 0.25) is 0 Å². The van der Waals surface area contributed by atoms with Crippen molar-refractivity contribution in [1.29, 1.82) is 0 Å². The van der Waals surface area contributed by atoms with Gasteiger partial charge in [-0.3, -0.25) is 4.99 Å². The van der Waals surface area contributed by atoms with E-state index in [1.54, 1.807) is 19.2 Å². The van der Waals surface area contributed by atoms with Gasteiger partial charge in [0.2, 0.25) is 5.89 Å². The Bertz CT molecular complexity index is 811. The second-order valence-electron chi connectivity index (χ2n) is 6.80. The van der Waals surface area contributed by atoms with Crippen LogP contribution in [0, 0.1) is 0 Å². The predicted octanol–water partition coefficient (Wildman–Crippen LogP) is 3.49. The monoisotopic (exact) mass is 425 g/mol. The van der Waals surface area contributed by atoms with E-state index >= 15 is 0 Å². The number of hydrogen-bond donors (Lipinski definition) is 2. The van der Waals surface area contributed by atoms with Crippen LogP contribution in [0.5, 0.6) is 11.5 Å². The second kappa shape index (κ2) is 11.9. The number of halogens is 2. The lowest BCUT2D eigenvalue weighted by Gasteiger charge is -2.15. The van der Waals surface area contributed by atoms with E-state index in [0.29, 0.717) is 48.6 Å². The highest BCUT2D eigenvalue weighted by molar-refractivity contribution is 5.79. The maximum absolute atomic E-state index is 12.8. The third-order valence-corrected chi connectivity index (χ3v) is 4.03. The summed E-state index contributed by atoms with van der Waals surface area (Å²) in [6.45, 7) is 4.29. The topological polar surface area (TPSA) is 93.8 Å². The van der Waals surface area contributed by atoms with Gasteiger partial charge in [-0.05, 0) is 18.6 Å². The Morgan fingerprint density at radius 1 is 1.27 bits per heavy atom. The third kappa shape index (κ3) is 7.49. The summed E-state index contributed by atoms with van der Waals surface area (Å²) >= 11 is 0. The SMILES string of the molecule is CCCOc1ccc(CNC(=NC)NCCc2nc(C(C)C)no2)c(OC(F)F)c1. The van der Waals surface area contributed by atoms with Crippen molar-refractivity contribution in [1.82, 2.24) is 20.8 Å². The van der Waals surface area contributed by atoms with E-state index < -0.39 is 6.61 Å². The molecule has 0 fully saturated rings. The molecule has 10 heteroatoms. The van der Waals surface area contributed by atoms with E-state index in [9.17, 15) is 8.78 Å². The minimum atomic E-state index is -2.92. The fourth-order valence-corrected chi connectivity index (χ4v) is 2.49. The minimum absolute atomic E-state index is 0.0635. The molecule has 0 saturated heterocycles. The molecule has 0 radical (unpaired) electrons. The molecule has 2 aromatic rings. The van der Waals surface area contributed by atoms with Crippen LogP contribution in [0.15, 0.2) is 27.7 Å². The Morgan fingerprint density at radius 3 is 2.70 bits per heavy atom. The summed E-state index contributed by atoms with van der Waals surface area (Å²) in [7, 11) is 1.62. The first-order valence-corrected chi connectivity index (χ1v) is 9.90. The van der Waals surface area contributed by atoms with Crippen LogP contribution < -0.4 is 20.1 Å². The summed E-state index contributed by atoms with van der Waals surface area (Å²) in [6, 6.07) is 4.88. The van der Waals surface area contributed by atoms with Crippen LogP contribution in [-0.2, 0) is 13.0 Å². The number of ether oxygens (including phenoxy) is 2. The molecule has 0 bridgehead atoms. The first kappa shape index (κ1) is 23.4. The average Bonchev–Trinajstić information content (AvgIpc) is 3.19. The van der Waals surface area contributed by atoms with Crippen molar-refractivity contribution in [3.63, 3.8) is 0 Å². The van der Waals surface area contributed by atoms with E-state index in [1.165, 1.54) is 6.07 Å². The Kier molecular flexibility index (Phi) is 9.30. The number of rotatable bonds is 11. The van der Waals surface area contributed by atoms with Gasteiger partial charge in [0, 0.05) is 44.1 Å². The highest BCUT2D eigenvalue weighted by Crippen LogP contribution is 2.26. The highest BCUT2D eigenvalue weighted by atomic mass is 19.3. The zero-order chi connectivity index (χ0) is 21.9. The van der Waals surface area contributed by atoms with Gasteiger partial charge in [-0.2, -0.15) is 13.8 Å². The number of nitrogens with one attached hydrogen (secondary N) is 2. The molecule has 1 aromatic carbocycles. The molecule has 0 aliphatic rings. The lowest BCUT2D eigenvalue weighted by Crippen LogP contribution is -2.38. The summed E-state index contributed by atoms with van der Waals surface area (Å²) in [5.41, 5.74) is 0.556. The van der Waals surface area contributed by atoms with E-state index in [4.69, 9.17) is 9.26 Å². The first-order chi connectivity index (χ1) is 14.4. The maximum Gasteiger partial charge on any atom is 0.387 e. The number of hydrogen-bond acceptors (Lipinski definition) is 6. The third-order valence-electron chi connectivity index (χ3n) is 4.03. The number of nitrogens with zero attached hydrogens (tertiary/aromatic N) is 3. The number of alkyl halides is 2. The number of guanidine groups is 1. The molecule has 0 aliphatic heterocycles. The molecule has 0 amide bonds. The Balaban J connectivity index is 1.90. The summed E-state index contributed by atoms with van der Waals surface area (Å²) in [4.78, 5) is 8.45. The van der Waals surface area contributed by atoms with Crippen molar-refractivity contribution >= 4 is 5.96 Å². The largest absolute Gasteiger partial charge is 0.493 e. The fourth-order valence-electron chi connectivity index (χ4n) is 2.49.